The number of hydrogen-bond donors (Lipinski definition) is 1. The summed E-state index contributed by atoms with van der Waals surface area (Å²) in [5.41, 5.74) is -0.269. The van der Waals surface area contributed by atoms with E-state index < -0.39 is 0 Å². The first-order chi connectivity index (χ1) is 10.2. The summed E-state index contributed by atoms with van der Waals surface area (Å²) in [4.78, 5) is 18.2. The van der Waals surface area contributed by atoms with Crippen LogP contribution in [0.1, 0.15) is 23.9 Å². The summed E-state index contributed by atoms with van der Waals surface area (Å²) in [5, 5.41) is 5.63. The molecule has 1 saturated carbocycles. The summed E-state index contributed by atoms with van der Waals surface area (Å²) in [6.07, 6.45) is 2.08. The average molecular weight is 307 g/mol. The molecular weight excluding hydrogens is 286 g/mol. The molecule has 1 amide bonds. The molecule has 0 bridgehead atoms. The van der Waals surface area contributed by atoms with Crippen LogP contribution in [-0.2, 0) is 9.53 Å². The first-order valence-corrected chi connectivity index (χ1v) is 8.48. The number of amides is 1. The zero-order valence-electron chi connectivity index (χ0n) is 12.2. The van der Waals surface area contributed by atoms with E-state index in [9.17, 15) is 4.79 Å². The van der Waals surface area contributed by atoms with E-state index in [0.29, 0.717) is 6.54 Å². The fourth-order valence-electron chi connectivity index (χ4n) is 3.33. The number of thiophene rings is 1. The van der Waals surface area contributed by atoms with Gasteiger partial charge in [0.2, 0.25) is 5.91 Å². The molecular formula is C15H21N3O2S. The van der Waals surface area contributed by atoms with Crippen LogP contribution in [0.3, 0.4) is 0 Å². The smallest absolute Gasteiger partial charge is 0.244 e. The van der Waals surface area contributed by atoms with E-state index in [2.05, 4.69) is 28.7 Å². The molecule has 2 unspecified atom stereocenters. The highest BCUT2D eigenvalue weighted by atomic mass is 32.1. The Hall–Kier alpha value is -0.950. The normalized spacial score (nSPS) is 32.0. The average Bonchev–Trinajstić information content (AvgIpc) is 2.95. The Balaban J connectivity index is 1.54. The molecule has 1 aliphatic carbocycles. The van der Waals surface area contributed by atoms with Crippen molar-refractivity contribution < 1.29 is 9.53 Å². The van der Waals surface area contributed by atoms with Gasteiger partial charge in [-0.05, 0) is 31.3 Å². The molecule has 0 aromatic carbocycles. The monoisotopic (exact) mass is 307 g/mol. The maximum Gasteiger partial charge on any atom is 0.244 e. The van der Waals surface area contributed by atoms with Gasteiger partial charge in [0.15, 0.2) is 0 Å². The lowest BCUT2D eigenvalue weighted by Crippen LogP contribution is -2.47. The number of ether oxygens (including phenoxy) is 1. The highest BCUT2D eigenvalue weighted by Crippen LogP contribution is 2.46. The lowest BCUT2D eigenvalue weighted by Gasteiger charge is -2.34. The molecule has 2 atom stereocenters. The van der Waals surface area contributed by atoms with Gasteiger partial charge in [-0.25, -0.2) is 0 Å². The number of hydrogen-bond acceptors (Lipinski definition) is 5. The second kappa shape index (κ2) is 5.05. The van der Waals surface area contributed by atoms with Crippen LogP contribution in [0, 0.1) is 0 Å². The third kappa shape index (κ3) is 2.40. The molecule has 1 aromatic rings. The molecule has 3 fully saturated rings. The highest BCUT2D eigenvalue weighted by Gasteiger charge is 2.59. The van der Waals surface area contributed by atoms with E-state index >= 15 is 0 Å². The van der Waals surface area contributed by atoms with Crippen LogP contribution in [0.4, 0.5) is 0 Å². The first kappa shape index (κ1) is 13.7. The molecule has 2 aliphatic heterocycles. The second-order valence-corrected chi connectivity index (χ2v) is 7.34. The molecule has 3 heterocycles. The summed E-state index contributed by atoms with van der Waals surface area (Å²) in [5.74, 6) is 0.262. The minimum atomic E-state index is -0.269. The van der Waals surface area contributed by atoms with Crippen LogP contribution in [0.25, 0.3) is 0 Å². The number of nitrogens with zero attached hydrogens (tertiary/aromatic N) is 2. The summed E-state index contributed by atoms with van der Waals surface area (Å²) in [6.45, 7) is 3.31. The third-order valence-corrected chi connectivity index (χ3v) is 5.62. The molecule has 1 spiro atoms. The second-order valence-electron chi connectivity index (χ2n) is 6.36. The van der Waals surface area contributed by atoms with Gasteiger partial charge in [-0.15, -0.1) is 11.3 Å². The van der Waals surface area contributed by atoms with Crippen LogP contribution in [0.2, 0.25) is 0 Å². The lowest BCUT2D eigenvalue weighted by molar-refractivity contribution is -0.134. The van der Waals surface area contributed by atoms with Gasteiger partial charge in [-0.3, -0.25) is 10.1 Å². The van der Waals surface area contributed by atoms with Crippen molar-refractivity contribution in [2.24, 2.45) is 0 Å². The quantitative estimate of drug-likeness (QED) is 0.906. The van der Waals surface area contributed by atoms with Gasteiger partial charge in [0.1, 0.15) is 11.7 Å². The Morgan fingerprint density at radius 1 is 1.52 bits per heavy atom. The zero-order valence-corrected chi connectivity index (χ0v) is 13.1. The topological polar surface area (TPSA) is 44.8 Å². The van der Waals surface area contributed by atoms with Crippen LogP contribution in [0.5, 0.6) is 0 Å². The van der Waals surface area contributed by atoms with Crippen LogP contribution in [-0.4, -0.2) is 60.6 Å². The number of rotatable bonds is 3. The highest BCUT2D eigenvalue weighted by molar-refractivity contribution is 7.10. The molecule has 3 aliphatic rings. The fourth-order valence-corrected chi connectivity index (χ4v) is 4.12. The van der Waals surface area contributed by atoms with E-state index in [1.165, 1.54) is 4.88 Å². The molecule has 6 heteroatoms. The predicted molar refractivity (Wildman–Crippen MR) is 81.1 cm³/mol. The number of likely N-dealkylation sites (N-methyl/N-ethyl adjacent to an activating group) is 1. The Kier molecular flexibility index (Phi) is 3.29. The molecule has 2 saturated heterocycles. The molecule has 1 N–H and O–H groups in total. The molecule has 114 valence electrons. The van der Waals surface area contributed by atoms with Crippen molar-refractivity contribution in [2.75, 3.05) is 33.3 Å². The van der Waals surface area contributed by atoms with E-state index in [4.69, 9.17) is 4.74 Å². The maximum atomic E-state index is 12.7. The number of morpholine rings is 1. The number of carbonyl (C=O) groups is 1. The van der Waals surface area contributed by atoms with Crippen molar-refractivity contribution in [3.63, 3.8) is 0 Å². The molecule has 4 rings (SSSR count). The maximum absolute atomic E-state index is 12.7. The van der Waals surface area contributed by atoms with Gasteiger partial charge in [0.25, 0.3) is 0 Å². The molecule has 0 radical (unpaired) electrons. The lowest BCUT2D eigenvalue weighted by atomic mass is 10.2. The van der Waals surface area contributed by atoms with Crippen LogP contribution < -0.4 is 5.32 Å². The van der Waals surface area contributed by atoms with Gasteiger partial charge < -0.3 is 14.5 Å². The van der Waals surface area contributed by atoms with Gasteiger partial charge in [0, 0.05) is 18.0 Å². The van der Waals surface area contributed by atoms with Crippen molar-refractivity contribution in [2.45, 2.75) is 30.7 Å². The van der Waals surface area contributed by atoms with Gasteiger partial charge in [0.05, 0.1) is 19.3 Å². The summed E-state index contributed by atoms with van der Waals surface area (Å²) >= 11 is 1.71. The summed E-state index contributed by atoms with van der Waals surface area (Å²) < 4.78 is 5.85. The standard InChI is InChI=1S/C15H21N3O2S/c1-17-6-7-20-11(9-17)10-18-13(12-3-2-8-21-12)16-15(4-5-15)14(18)19/h2-3,8,11,13,16H,4-7,9-10H2,1H3. The Labute approximate surface area is 128 Å². The van der Waals surface area contributed by atoms with E-state index in [-0.39, 0.29) is 23.7 Å². The zero-order chi connectivity index (χ0) is 14.4. The van der Waals surface area contributed by atoms with Crippen LogP contribution in [0.15, 0.2) is 17.5 Å². The molecule has 21 heavy (non-hydrogen) atoms. The third-order valence-electron chi connectivity index (χ3n) is 4.70. The Morgan fingerprint density at radius 3 is 3.05 bits per heavy atom. The van der Waals surface area contributed by atoms with Crippen molar-refractivity contribution in [1.82, 2.24) is 15.1 Å². The van der Waals surface area contributed by atoms with Crippen molar-refractivity contribution in [3.05, 3.63) is 22.4 Å². The van der Waals surface area contributed by atoms with E-state index in [0.717, 1.165) is 32.5 Å². The largest absolute Gasteiger partial charge is 0.374 e. The predicted octanol–water partition coefficient (Wildman–Crippen LogP) is 1.04. The van der Waals surface area contributed by atoms with Crippen molar-refractivity contribution >= 4 is 17.2 Å². The van der Waals surface area contributed by atoms with E-state index in [1.807, 2.05) is 11.0 Å². The fraction of sp³-hybridized carbons (Fsp3) is 0.667. The van der Waals surface area contributed by atoms with Gasteiger partial charge in [-0.2, -0.15) is 0 Å². The van der Waals surface area contributed by atoms with Crippen molar-refractivity contribution in [3.8, 4) is 0 Å². The SMILES string of the molecule is CN1CCOC(CN2C(=O)C3(CC3)NC2c2cccs2)C1. The minimum Gasteiger partial charge on any atom is -0.374 e. The number of carbonyl (C=O) groups excluding carboxylic acids is 1. The molecule has 1 aromatic heterocycles. The summed E-state index contributed by atoms with van der Waals surface area (Å²) in [7, 11) is 2.11. The number of nitrogens with one attached hydrogen (secondary N) is 1. The van der Waals surface area contributed by atoms with Gasteiger partial charge >= 0.3 is 0 Å². The van der Waals surface area contributed by atoms with Crippen molar-refractivity contribution in [1.29, 1.82) is 0 Å². The van der Waals surface area contributed by atoms with Gasteiger partial charge in [-0.1, -0.05) is 6.07 Å². The Morgan fingerprint density at radius 2 is 2.38 bits per heavy atom. The molecule has 5 nitrogen and oxygen atoms in total. The Bertz CT molecular complexity index is 529. The summed E-state index contributed by atoms with van der Waals surface area (Å²) in [6, 6.07) is 4.16. The van der Waals surface area contributed by atoms with E-state index in [1.54, 1.807) is 11.3 Å². The minimum absolute atomic E-state index is 0.0239. The van der Waals surface area contributed by atoms with Crippen LogP contribution >= 0.6 is 11.3 Å². The first-order valence-electron chi connectivity index (χ1n) is 7.60.